The average Bonchev–Trinajstić information content (AvgIpc) is 2.99. The standard InChI is InChI=1S/C15H15BrN2O3/c1-10(11-5-2-3-6-12(11)16)18-14(19)9-17-15(20)13-7-4-8-21-13/h2-8,10H,9H2,1H3,(H,17,20)(H,18,19)/t10-/m0/s1. The lowest BCUT2D eigenvalue weighted by Gasteiger charge is -2.16. The summed E-state index contributed by atoms with van der Waals surface area (Å²) in [4.78, 5) is 23.5. The normalized spacial score (nSPS) is 11.7. The highest BCUT2D eigenvalue weighted by atomic mass is 79.9. The highest BCUT2D eigenvalue weighted by Gasteiger charge is 2.14. The fraction of sp³-hybridized carbons (Fsp3) is 0.200. The second-order valence-electron chi connectivity index (χ2n) is 4.47. The van der Waals surface area contributed by atoms with E-state index in [-0.39, 0.29) is 24.3 Å². The van der Waals surface area contributed by atoms with E-state index in [0.717, 1.165) is 10.0 Å². The molecule has 21 heavy (non-hydrogen) atoms. The molecule has 0 unspecified atom stereocenters. The topological polar surface area (TPSA) is 71.3 Å². The molecule has 5 nitrogen and oxygen atoms in total. The number of hydrogen-bond acceptors (Lipinski definition) is 3. The van der Waals surface area contributed by atoms with Gasteiger partial charge in [0.05, 0.1) is 18.8 Å². The van der Waals surface area contributed by atoms with E-state index in [9.17, 15) is 9.59 Å². The predicted molar refractivity (Wildman–Crippen MR) is 81.7 cm³/mol. The zero-order valence-corrected chi connectivity index (χ0v) is 13.0. The van der Waals surface area contributed by atoms with Gasteiger partial charge in [-0.3, -0.25) is 9.59 Å². The molecule has 0 aliphatic rings. The van der Waals surface area contributed by atoms with Gasteiger partial charge in [0.15, 0.2) is 5.76 Å². The van der Waals surface area contributed by atoms with Crippen molar-refractivity contribution in [1.29, 1.82) is 0 Å². The van der Waals surface area contributed by atoms with Crippen LogP contribution in [-0.4, -0.2) is 18.4 Å². The van der Waals surface area contributed by atoms with Crippen LogP contribution in [0, 0.1) is 0 Å². The van der Waals surface area contributed by atoms with Gasteiger partial charge < -0.3 is 15.1 Å². The highest BCUT2D eigenvalue weighted by Crippen LogP contribution is 2.22. The minimum Gasteiger partial charge on any atom is -0.459 e. The van der Waals surface area contributed by atoms with Crippen LogP contribution in [0.3, 0.4) is 0 Å². The largest absolute Gasteiger partial charge is 0.459 e. The van der Waals surface area contributed by atoms with Gasteiger partial charge in [-0.1, -0.05) is 34.1 Å². The Balaban J connectivity index is 1.85. The molecule has 0 bridgehead atoms. The SMILES string of the molecule is C[C@H](NC(=O)CNC(=O)c1ccco1)c1ccccc1Br. The monoisotopic (exact) mass is 350 g/mol. The van der Waals surface area contributed by atoms with Crippen LogP contribution in [0.2, 0.25) is 0 Å². The van der Waals surface area contributed by atoms with E-state index in [1.165, 1.54) is 12.3 Å². The maximum atomic E-state index is 11.8. The van der Waals surface area contributed by atoms with Crippen LogP contribution in [0.5, 0.6) is 0 Å². The molecule has 110 valence electrons. The predicted octanol–water partition coefficient (Wildman–Crippen LogP) is 2.65. The molecule has 1 aromatic heterocycles. The molecule has 0 saturated heterocycles. The Kier molecular flexibility index (Phi) is 5.16. The van der Waals surface area contributed by atoms with Crippen molar-refractivity contribution in [3.63, 3.8) is 0 Å². The summed E-state index contributed by atoms with van der Waals surface area (Å²) >= 11 is 3.44. The van der Waals surface area contributed by atoms with Crippen molar-refractivity contribution in [2.24, 2.45) is 0 Å². The molecule has 0 aliphatic heterocycles. The summed E-state index contributed by atoms with van der Waals surface area (Å²) in [5.74, 6) is -0.497. The molecule has 0 spiro atoms. The van der Waals surface area contributed by atoms with Gasteiger partial charge in [-0.15, -0.1) is 0 Å². The number of amides is 2. The maximum Gasteiger partial charge on any atom is 0.287 e. The van der Waals surface area contributed by atoms with Gasteiger partial charge in [0.1, 0.15) is 0 Å². The average molecular weight is 351 g/mol. The summed E-state index contributed by atoms with van der Waals surface area (Å²) in [6.07, 6.45) is 1.41. The summed E-state index contributed by atoms with van der Waals surface area (Å²) in [5.41, 5.74) is 0.975. The Morgan fingerprint density at radius 1 is 1.24 bits per heavy atom. The van der Waals surface area contributed by atoms with E-state index in [4.69, 9.17) is 4.42 Å². The van der Waals surface area contributed by atoms with Gasteiger partial charge >= 0.3 is 0 Å². The number of halogens is 1. The van der Waals surface area contributed by atoms with Crippen molar-refractivity contribution in [3.8, 4) is 0 Å². The third-order valence-corrected chi connectivity index (χ3v) is 3.63. The van der Waals surface area contributed by atoms with E-state index < -0.39 is 5.91 Å². The number of carbonyl (C=O) groups is 2. The van der Waals surface area contributed by atoms with Crippen LogP contribution < -0.4 is 10.6 Å². The Morgan fingerprint density at radius 3 is 2.67 bits per heavy atom. The molecule has 6 heteroatoms. The van der Waals surface area contributed by atoms with Crippen molar-refractivity contribution in [2.45, 2.75) is 13.0 Å². The molecular weight excluding hydrogens is 336 g/mol. The van der Waals surface area contributed by atoms with Gasteiger partial charge in [-0.05, 0) is 30.7 Å². The number of benzene rings is 1. The first kappa shape index (κ1) is 15.3. The van der Waals surface area contributed by atoms with E-state index in [1.54, 1.807) is 6.07 Å². The van der Waals surface area contributed by atoms with Gasteiger partial charge in [0, 0.05) is 4.47 Å². The highest BCUT2D eigenvalue weighted by molar-refractivity contribution is 9.10. The second-order valence-corrected chi connectivity index (χ2v) is 5.33. The molecule has 2 N–H and O–H groups in total. The number of furan rings is 1. The van der Waals surface area contributed by atoms with Crippen LogP contribution in [0.15, 0.2) is 51.6 Å². The summed E-state index contributed by atoms with van der Waals surface area (Å²) in [7, 11) is 0. The fourth-order valence-corrected chi connectivity index (χ4v) is 2.48. The molecule has 1 atom stereocenters. The first-order chi connectivity index (χ1) is 10.1. The summed E-state index contributed by atoms with van der Waals surface area (Å²) < 4.78 is 5.87. The zero-order chi connectivity index (χ0) is 15.2. The van der Waals surface area contributed by atoms with E-state index in [2.05, 4.69) is 26.6 Å². The van der Waals surface area contributed by atoms with Crippen molar-refractivity contribution in [2.75, 3.05) is 6.54 Å². The third-order valence-electron chi connectivity index (χ3n) is 2.90. The van der Waals surface area contributed by atoms with E-state index >= 15 is 0 Å². The molecular formula is C15H15BrN2O3. The first-order valence-electron chi connectivity index (χ1n) is 6.43. The van der Waals surface area contributed by atoms with Crippen LogP contribution in [0.4, 0.5) is 0 Å². The van der Waals surface area contributed by atoms with Crippen LogP contribution in [0.1, 0.15) is 29.1 Å². The second kappa shape index (κ2) is 7.08. The Morgan fingerprint density at radius 2 is 2.00 bits per heavy atom. The summed E-state index contributed by atoms with van der Waals surface area (Å²) in [6, 6.07) is 10.6. The zero-order valence-electron chi connectivity index (χ0n) is 11.4. The number of carbonyl (C=O) groups excluding carboxylic acids is 2. The molecule has 2 rings (SSSR count). The van der Waals surface area contributed by atoms with Gasteiger partial charge in [-0.25, -0.2) is 0 Å². The Hall–Kier alpha value is -2.08. The lowest BCUT2D eigenvalue weighted by atomic mass is 10.1. The van der Waals surface area contributed by atoms with Gasteiger partial charge in [0.25, 0.3) is 5.91 Å². The van der Waals surface area contributed by atoms with Gasteiger partial charge in [0.2, 0.25) is 5.91 Å². The molecule has 0 radical (unpaired) electrons. The lowest BCUT2D eigenvalue weighted by Crippen LogP contribution is -2.38. The summed E-state index contributed by atoms with van der Waals surface area (Å²) in [5, 5.41) is 5.32. The quantitative estimate of drug-likeness (QED) is 0.870. The smallest absolute Gasteiger partial charge is 0.287 e. The molecule has 1 aromatic carbocycles. The number of hydrogen-bond donors (Lipinski definition) is 2. The van der Waals surface area contributed by atoms with Crippen molar-refractivity contribution in [3.05, 3.63) is 58.5 Å². The van der Waals surface area contributed by atoms with E-state index in [0.29, 0.717) is 0 Å². The summed E-state index contributed by atoms with van der Waals surface area (Å²) in [6.45, 7) is 1.78. The van der Waals surface area contributed by atoms with Gasteiger partial charge in [-0.2, -0.15) is 0 Å². The minimum absolute atomic E-state index is 0.103. The van der Waals surface area contributed by atoms with Crippen molar-refractivity contribution < 1.29 is 14.0 Å². The first-order valence-corrected chi connectivity index (χ1v) is 7.22. The fourth-order valence-electron chi connectivity index (χ4n) is 1.85. The Labute approximate surface area is 130 Å². The molecule has 2 amide bonds. The van der Waals surface area contributed by atoms with Crippen molar-refractivity contribution >= 4 is 27.7 Å². The minimum atomic E-state index is -0.413. The number of nitrogens with one attached hydrogen (secondary N) is 2. The molecule has 0 saturated carbocycles. The van der Waals surface area contributed by atoms with Crippen LogP contribution in [0.25, 0.3) is 0 Å². The molecule has 1 heterocycles. The molecule has 0 aliphatic carbocycles. The lowest BCUT2D eigenvalue weighted by molar-refractivity contribution is -0.120. The third kappa shape index (κ3) is 4.19. The Bertz CT molecular complexity index is 626. The van der Waals surface area contributed by atoms with E-state index in [1.807, 2.05) is 31.2 Å². The van der Waals surface area contributed by atoms with Crippen LogP contribution >= 0.6 is 15.9 Å². The van der Waals surface area contributed by atoms with Crippen LogP contribution in [-0.2, 0) is 4.79 Å². The number of rotatable bonds is 5. The molecule has 0 fully saturated rings. The van der Waals surface area contributed by atoms with Crippen molar-refractivity contribution in [1.82, 2.24) is 10.6 Å². The molecule has 2 aromatic rings. The maximum absolute atomic E-state index is 11.8.